The van der Waals surface area contributed by atoms with Crippen LogP contribution in [0.1, 0.15) is 296 Å². The molecule has 82 heavy (non-hydrogen) atoms. The zero-order valence-electron chi connectivity index (χ0n) is 54.0. The molecule has 10 heteroatoms. The topological polar surface area (TPSA) is 108 Å². The predicted octanol–water partition coefficient (Wildman–Crippen LogP) is 21.9. The molecule has 1 N–H and O–H groups in total. The van der Waals surface area contributed by atoms with E-state index in [1.54, 1.807) is 0 Å². The van der Waals surface area contributed by atoms with E-state index in [1.165, 1.54) is 180 Å². The highest BCUT2D eigenvalue weighted by Gasteiger charge is 2.27. The van der Waals surface area contributed by atoms with Crippen LogP contribution in [0.15, 0.2) is 97.2 Å². The van der Waals surface area contributed by atoms with Gasteiger partial charge in [0.1, 0.15) is 19.8 Å². The van der Waals surface area contributed by atoms with Crippen molar-refractivity contribution in [2.24, 2.45) is 0 Å². The van der Waals surface area contributed by atoms with E-state index in [0.29, 0.717) is 17.4 Å². The number of allylic oxidation sites excluding steroid dienone is 16. The van der Waals surface area contributed by atoms with E-state index in [4.69, 9.17) is 18.5 Å². The van der Waals surface area contributed by atoms with Crippen molar-refractivity contribution in [3.05, 3.63) is 97.2 Å². The molecule has 2 atom stereocenters. The lowest BCUT2D eigenvalue weighted by Crippen LogP contribution is -2.37. The molecule has 0 spiro atoms. The van der Waals surface area contributed by atoms with Crippen molar-refractivity contribution < 1.29 is 42.1 Å². The molecule has 0 heterocycles. The highest BCUT2D eigenvalue weighted by molar-refractivity contribution is 7.47. The maximum absolute atomic E-state index is 12.9. The van der Waals surface area contributed by atoms with Gasteiger partial charge in [0, 0.05) is 12.8 Å². The number of carbonyl (C=O) groups excluding carboxylic acids is 2. The number of likely N-dealkylation sites (N-methyl/N-ethyl adjacent to an activating group) is 1. The first-order chi connectivity index (χ1) is 40.0. The molecule has 0 rings (SSSR count). The lowest BCUT2D eigenvalue weighted by molar-refractivity contribution is -0.870. The number of hydrogen-bond donors (Lipinski definition) is 1. The first-order valence-corrected chi connectivity index (χ1v) is 35.5. The Kier molecular flexibility index (Phi) is 60.1. The van der Waals surface area contributed by atoms with Gasteiger partial charge in [0.2, 0.25) is 0 Å². The lowest BCUT2D eigenvalue weighted by Gasteiger charge is -2.24. The number of phosphoric ester groups is 1. The molecule has 0 aromatic carbocycles. The van der Waals surface area contributed by atoms with Crippen molar-refractivity contribution in [1.82, 2.24) is 0 Å². The molecule has 0 aliphatic rings. The normalized spacial score (nSPS) is 13.8. The Labute approximate surface area is 506 Å². The van der Waals surface area contributed by atoms with Crippen LogP contribution in [0.2, 0.25) is 0 Å². The number of phosphoric acid groups is 1. The minimum Gasteiger partial charge on any atom is -0.462 e. The Bertz CT molecular complexity index is 1710. The molecule has 0 bridgehead atoms. The molecule has 474 valence electrons. The van der Waals surface area contributed by atoms with Crippen LogP contribution >= 0.6 is 7.82 Å². The Hall–Kier alpha value is -3.07. The Balaban J connectivity index is 4.05. The summed E-state index contributed by atoms with van der Waals surface area (Å²) in [5.41, 5.74) is 0. The molecule has 0 aliphatic carbocycles. The SMILES string of the molecule is CC/C=C\C/C=C\C/C=C\C/C=C\C/C=C\C/C=C\CCCCCCCCCCCCCCCCCCC(=O)OC(COC(=O)CCCCCCCCCCCCC/C=C\C/C=C\CCCCCCC)COP(=O)(O)OCC[N+](C)(C)C. The van der Waals surface area contributed by atoms with Crippen LogP contribution in [0.3, 0.4) is 0 Å². The smallest absolute Gasteiger partial charge is 0.462 e. The third-order valence-electron chi connectivity index (χ3n) is 14.6. The summed E-state index contributed by atoms with van der Waals surface area (Å²) in [6.07, 6.45) is 86.4. The molecule has 0 fully saturated rings. The number of carbonyl (C=O) groups is 2. The molecular formula is C72H129NO8P+. The standard InChI is InChI=1S/C72H128NO8P/c1-6-8-10-12-14-16-18-20-22-24-26-28-30-31-32-33-34-35-36-37-38-39-40-41-43-45-47-49-51-53-55-57-59-61-63-65-72(75)81-70(69-80-82(76,77)79-67-66-73(3,4)5)68-78-71(74)64-62-60-58-56-54-52-50-48-46-44-42-29-27-25-23-21-19-17-15-13-11-9-7-2/h8,10,14,16,19-22,25-28,31-32,34-35,70H,6-7,9,11-13,15,17-18,23-24,29-30,33,36-69H2,1-5H3/p+1/b10-8-,16-14-,21-19-,22-20-,27-25-,28-26-,32-31-,35-34-. The predicted molar refractivity (Wildman–Crippen MR) is 353 cm³/mol. The van der Waals surface area contributed by atoms with Gasteiger partial charge in [0.25, 0.3) is 0 Å². The fourth-order valence-electron chi connectivity index (χ4n) is 9.40. The van der Waals surface area contributed by atoms with Gasteiger partial charge in [-0.3, -0.25) is 18.6 Å². The number of ether oxygens (including phenoxy) is 2. The monoisotopic (exact) mass is 1170 g/mol. The van der Waals surface area contributed by atoms with Crippen molar-refractivity contribution >= 4 is 19.8 Å². The minimum absolute atomic E-state index is 0.0293. The van der Waals surface area contributed by atoms with Gasteiger partial charge >= 0.3 is 19.8 Å². The zero-order valence-corrected chi connectivity index (χ0v) is 54.8. The van der Waals surface area contributed by atoms with Crippen molar-refractivity contribution in [1.29, 1.82) is 0 Å². The van der Waals surface area contributed by atoms with Crippen molar-refractivity contribution in [3.8, 4) is 0 Å². The second-order valence-electron chi connectivity index (χ2n) is 23.8. The van der Waals surface area contributed by atoms with Crippen LogP contribution in [-0.4, -0.2) is 74.9 Å². The fourth-order valence-corrected chi connectivity index (χ4v) is 10.1. The number of quaternary nitrogens is 1. The van der Waals surface area contributed by atoms with Gasteiger partial charge in [-0.25, -0.2) is 4.57 Å². The van der Waals surface area contributed by atoms with E-state index in [2.05, 4.69) is 111 Å². The summed E-state index contributed by atoms with van der Waals surface area (Å²) >= 11 is 0. The summed E-state index contributed by atoms with van der Waals surface area (Å²) < 4.78 is 34.7. The Morgan fingerprint density at radius 3 is 1.04 bits per heavy atom. The number of nitrogens with zero attached hydrogens (tertiary/aromatic N) is 1. The van der Waals surface area contributed by atoms with Crippen LogP contribution in [0, 0.1) is 0 Å². The third-order valence-corrected chi connectivity index (χ3v) is 15.6. The number of rotatable bonds is 62. The summed E-state index contributed by atoms with van der Waals surface area (Å²) in [6.45, 7) is 4.33. The number of unbranched alkanes of at least 4 members (excludes halogenated alkanes) is 32. The fraction of sp³-hybridized carbons (Fsp3) is 0.750. The van der Waals surface area contributed by atoms with Crippen LogP contribution in [0.25, 0.3) is 0 Å². The molecule has 0 aromatic rings. The highest BCUT2D eigenvalue weighted by Crippen LogP contribution is 2.43. The van der Waals surface area contributed by atoms with Crippen molar-refractivity contribution in [3.63, 3.8) is 0 Å². The van der Waals surface area contributed by atoms with Crippen molar-refractivity contribution in [2.75, 3.05) is 47.5 Å². The second kappa shape index (κ2) is 62.5. The number of hydrogen-bond acceptors (Lipinski definition) is 7. The van der Waals surface area contributed by atoms with Gasteiger partial charge in [0.15, 0.2) is 6.10 Å². The maximum Gasteiger partial charge on any atom is 0.472 e. The largest absolute Gasteiger partial charge is 0.472 e. The molecule has 0 radical (unpaired) electrons. The summed E-state index contributed by atoms with van der Waals surface area (Å²) in [5, 5.41) is 0. The number of esters is 2. The summed E-state index contributed by atoms with van der Waals surface area (Å²) in [6, 6.07) is 0. The van der Waals surface area contributed by atoms with E-state index < -0.39 is 26.5 Å². The molecular weight excluding hydrogens is 1040 g/mol. The van der Waals surface area contributed by atoms with Crippen LogP contribution in [0.4, 0.5) is 0 Å². The molecule has 9 nitrogen and oxygen atoms in total. The molecule has 0 saturated heterocycles. The van der Waals surface area contributed by atoms with E-state index in [0.717, 1.165) is 83.5 Å². The molecule has 2 unspecified atom stereocenters. The van der Waals surface area contributed by atoms with Crippen LogP contribution in [-0.2, 0) is 32.7 Å². The average Bonchev–Trinajstić information content (AvgIpc) is 3.45. The zero-order chi connectivity index (χ0) is 59.8. The van der Waals surface area contributed by atoms with Gasteiger partial charge in [-0.2, -0.15) is 0 Å². The first kappa shape index (κ1) is 78.9. The second-order valence-corrected chi connectivity index (χ2v) is 25.3. The molecule has 0 aromatic heterocycles. The third kappa shape index (κ3) is 66.1. The van der Waals surface area contributed by atoms with E-state index in [9.17, 15) is 19.0 Å². The quantitative estimate of drug-likeness (QED) is 0.0211. The van der Waals surface area contributed by atoms with Crippen LogP contribution in [0.5, 0.6) is 0 Å². The van der Waals surface area contributed by atoms with Gasteiger partial charge in [-0.05, 0) is 96.3 Å². The molecule has 0 saturated carbocycles. The minimum atomic E-state index is -4.39. The summed E-state index contributed by atoms with van der Waals surface area (Å²) in [7, 11) is 1.48. The highest BCUT2D eigenvalue weighted by atomic mass is 31.2. The van der Waals surface area contributed by atoms with Crippen LogP contribution < -0.4 is 0 Å². The van der Waals surface area contributed by atoms with Gasteiger partial charge in [-0.15, -0.1) is 0 Å². The van der Waals surface area contributed by atoms with E-state index in [-0.39, 0.29) is 32.0 Å². The summed E-state index contributed by atoms with van der Waals surface area (Å²) in [4.78, 5) is 35.8. The lowest BCUT2D eigenvalue weighted by atomic mass is 10.0. The molecule has 0 amide bonds. The summed E-state index contributed by atoms with van der Waals surface area (Å²) in [5.74, 6) is -0.793. The first-order valence-electron chi connectivity index (χ1n) is 34.0. The Morgan fingerprint density at radius 1 is 0.390 bits per heavy atom. The van der Waals surface area contributed by atoms with E-state index >= 15 is 0 Å². The average molecular weight is 1170 g/mol. The maximum atomic E-state index is 12.9. The van der Waals surface area contributed by atoms with Crippen molar-refractivity contribution in [2.45, 2.75) is 302 Å². The molecule has 0 aliphatic heterocycles. The van der Waals surface area contributed by atoms with Gasteiger partial charge in [0.05, 0.1) is 27.7 Å². The van der Waals surface area contributed by atoms with Gasteiger partial charge < -0.3 is 18.9 Å². The van der Waals surface area contributed by atoms with E-state index in [1.807, 2.05) is 21.1 Å². The van der Waals surface area contributed by atoms with Gasteiger partial charge in [-0.1, -0.05) is 284 Å². The Morgan fingerprint density at radius 2 is 0.695 bits per heavy atom.